The van der Waals surface area contributed by atoms with Gasteiger partial charge in [0.1, 0.15) is 12.4 Å². The quantitative estimate of drug-likeness (QED) is 0.713. The van der Waals surface area contributed by atoms with Crippen LogP contribution in [0.5, 0.6) is 5.75 Å². The molecule has 0 unspecified atom stereocenters. The van der Waals surface area contributed by atoms with Crippen LogP contribution in [0, 0.1) is 0 Å². The number of aliphatic hydroxyl groups is 1. The van der Waals surface area contributed by atoms with Crippen LogP contribution in [0.4, 0.5) is 0 Å². The van der Waals surface area contributed by atoms with Gasteiger partial charge in [-0.15, -0.1) is 0 Å². The molecule has 2 aromatic carbocycles. The Hall–Kier alpha value is -2.02. The van der Waals surface area contributed by atoms with E-state index in [0.29, 0.717) is 25.3 Å². The molecule has 150 valence electrons. The van der Waals surface area contributed by atoms with Gasteiger partial charge in [-0.1, -0.05) is 48.5 Å². The summed E-state index contributed by atoms with van der Waals surface area (Å²) in [6.07, 6.45) is 1.87. The van der Waals surface area contributed by atoms with Crippen LogP contribution in [0.1, 0.15) is 12.0 Å². The highest BCUT2D eigenvalue weighted by Gasteiger charge is 2.44. The fourth-order valence-electron chi connectivity index (χ4n) is 3.71. The fourth-order valence-corrected chi connectivity index (χ4v) is 4.05. The number of ether oxygens (including phenoxy) is 1. The Morgan fingerprint density at radius 1 is 1.21 bits per heavy atom. The van der Waals surface area contributed by atoms with E-state index in [9.17, 15) is 9.90 Å². The number of benzene rings is 2. The lowest BCUT2D eigenvalue weighted by Gasteiger charge is -2.46. The molecule has 1 fully saturated rings. The number of hydrogen-bond donors (Lipinski definition) is 2. The summed E-state index contributed by atoms with van der Waals surface area (Å²) in [5.74, 6) is 1.19. The lowest BCUT2D eigenvalue weighted by atomic mass is 9.78. The minimum atomic E-state index is -0.745. The molecule has 1 heterocycles. The van der Waals surface area contributed by atoms with Crippen molar-refractivity contribution in [2.24, 2.45) is 0 Å². The van der Waals surface area contributed by atoms with Crippen LogP contribution in [0.3, 0.4) is 0 Å². The number of aliphatic hydroxyl groups excluding tert-OH is 1. The van der Waals surface area contributed by atoms with E-state index in [1.54, 1.807) is 0 Å². The number of nitrogens with zero attached hydrogens (tertiary/aromatic N) is 1. The number of likely N-dealkylation sites (tertiary alicyclic amines) is 1. The molecule has 5 nitrogen and oxygen atoms in total. The predicted molar refractivity (Wildman–Crippen MR) is 114 cm³/mol. The first-order valence-electron chi connectivity index (χ1n) is 9.58. The number of nitrogens with one attached hydrogen (secondary N) is 1. The zero-order chi connectivity index (χ0) is 19.8. The molecule has 2 N–H and O–H groups in total. The first-order valence-corrected chi connectivity index (χ1v) is 11.0. The molecule has 0 bridgehead atoms. The number of thioether (sulfide) groups is 1. The van der Waals surface area contributed by atoms with Crippen LogP contribution < -0.4 is 10.1 Å². The van der Waals surface area contributed by atoms with Crippen LogP contribution in [0.25, 0.3) is 0 Å². The Morgan fingerprint density at radius 3 is 2.54 bits per heavy atom. The smallest absolute Gasteiger partial charge is 0.230 e. The molecule has 1 aliphatic rings. The molecule has 1 amide bonds. The molecule has 1 saturated heterocycles. The zero-order valence-corrected chi connectivity index (χ0v) is 17.0. The van der Waals surface area contributed by atoms with Crippen molar-refractivity contribution in [3.63, 3.8) is 0 Å². The number of amides is 1. The summed E-state index contributed by atoms with van der Waals surface area (Å²) in [5, 5.41) is 14.2. The molecule has 28 heavy (non-hydrogen) atoms. The molecule has 0 saturated carbocycles. The molecule has 1 aliphatic heterocycles. The number of β-amino-alcohol motifs (C(OH)–C–C–N with tert-alkyl or cyclic N) is 1. The summed E-state index contributed by atoms with van der Waals surface area (Å²) in [6.45, 7) is 2.57. The average Bonchev–Trinajstić information content (AvgIpc) is 2.72. The Labute approximate surface area is 171 Å². The topological polar surface area (TPSA) is 61.8 Å². The summed E-state index contributed by atoms with van der Waals surface area (Å²) in [7, 11) is 0. The van der Waals surface area contributed by atoms with Gasteiger partial charge in [-0.3, -0.25) is 9.69 Å². The van der Waals surface area contributed by atoms with Gasteiger partial charge in [0.2, 0.25) is 5.91 Å². The van der Waals surface area contributed by atoms with E-state index in [-0.39, 0.29) is 5.91 Å². The maximum Gasteiger partial charge on any atom is 0.230 e. The molecule has 2 atom stereocenters. The first-order chi connectivity index (χ1) is 13.6. The molecular weight excluding hydrogens is 372 g/mol. The van der Waals surface area contributed by atoms with E-state index >= 15 is 0 Å². The number of carbonyl (C=O) groups is 1. The minimum absolute atomic E-state index is 0.0451. The highest BCUT2D eigenvalue weighted by molar-refractivity contribution is 7.99. The third kappa shape index (κ3) is 5.07. The van der Waals surface area contributed by atoms with Gasteiger partial charge in [0, 0.05) is 19.6 Å². The van der Waals surface area contributed by atoms with Gasteiger partial charge in [-0.05, 0) is 30.4 Å². The van der Waals surface area contributed by atoms with Crippen molar-refractivity contribution in [3.05, 3.63) is 66.2 Å². The van der Waals surface area contributed by atoms with E-state index < -0.39 is 11.6 Å². The molecule has 3 rings (SSSR count). The lowest BCUT2D eigenvalue weighted by Crippen LogP contribution is -2.62. The monoisotopic (exact) mass is 400 g/mol. The van der Waals surface area contributed by atoms with Crippen molar-refractivity contribution in [1.82, 2.24) is 10.2 Å². The number of carbonyl (C=O) groups excluding carboxylic acids is 1. The molecule has 0 radical (unpaired) electrons. The van der Waals surface area contributed by atoms with E-state index in [0.717, 1.165) is 24.4 Å². The maximum atomic E-state index is 12.4. The summed E-state index contributed by atoms with van der Waals surface area (Å²) >= 11 is 1.48. The molecular formula is C22H28N2O3S. The lowest BCUT2D eigenvalue weighted by molar-refractivity contribution is -0.124. The van der Waals surface area contributed by atoms with Gasteiger partial charge >= 0.3 is 0 Å². The summed E-state index contributed by atoms with van der Waals surface area (Å²) in [4.78, 5) is 14.6. The maximum absolute atomic E-state index is 12.4. The van der Waals surface area contributed by atoms with Gasteiger partial charge in [-0.25, -0.2) is 0 Å². The number of piperidine rings is 1. The standard InChI is InChI=1S/C22H28N2O3S/c1-28-17-21(26)23-22(18-8-4-2-5-9-18)12-13-24(16-20(22)25)14-15-27-19-10-6-3-7-11-19/h2-11,20,25H,12-17H2,1H3,(H,23,26)/t20-,22-/m1/s1. The van der Waals surface area contributed by atoms with Crippen LogP contribution >= 0.6 is 11.8 Å². The number of hydrogen-bond acceptors (Lipinski definition) is 5. The Bertz CT molecular complexity index is 744. The zero-order valence-electron chi connectivity index (χ0n) is 16.2. The van der Waals surface area contributed by atoms with Crippen LogP contribution in [0.2, 0.25) is 0 Å². The van der Waals surface area contributed by atoms with E-state index in [2.05, 4.69) is 10.2 Å². The van der Waals surface area contributed by atoms with Gasteiger partial charge in [0.25, 0.3) is 0 Å². The summed E-state index contributed by atoms with van der Waals surface area (Å²) < 4.78 is 5.78. The second-order valence-electron chi connectivity index (χ2n) is 7.05. The van der Waals surface area contributed by atoms with Crippen molar-refractivity contribution in [1.29, 1.82) is 0 Å². The van der Waals surface area contributed by atoms with Crippen molar-refractivity contribution in [3.8, 4) is 5.75 Å². The van der Waals surface area contributed by atoms with Crippen molar-refractivity contribution in [2.75, 3.05) is 38.2 Å². The van der Waals surface area contributed by atoms with Gasteiger partial charge < -0.3 is 15.2 Å². The third-order valence-corrected chi connectivity index (χ3v) is 5.72. The molecule has 0 spiro atoms. The van der Waals surface area contributed by atoms with Gasteiger partial charge in [0.05, 0.1) is 17.4 Å². The van der Waals surface area contributed by atoms with Crippen LogP contribution in [-0.4, -0.2) is 60.3 Å². The van der Waals surface area contributed by atoms with Gasteiger partial charge in [0.15, 0.2) is 0 Å². The summed E-state index contributed by atoms with van der Waals surface area (Å²) in [5.41, 5.74) is 0.211. The van der Waals surface area contributed by atoms with Crippen molar-refractivity contribution in [2.45, 2.75) is 18.1 Å². The van der Waals surface area contributed by atoms with Crippen molar-refractivity contribution < 1.29 is 14.6 Å². The molecule has 6 heteroatoms. The molecule has 2 aromatic rings. The highest BCUT2D eigenvalue weighted by Crippen LogP contribution is 2.33. The molecule has 0 aliphatic carbocycles. The van der Waals surface area contributed by atoms with E-state index in [1.807, 2.05) is 66.9 Å². The highest BCUT2D eigenvalue weighted by atomic mass is 32.2. The largest absolute Gasteiger partial charge is 0.492 e. The Kier molecular flexibility index (Phi) is 7.36. The SMILES string of the molecule is CSCC(=O)N[C@@]1(c2ccccc2)CCN(CCOc2ccccc2)C[C@H]1O. The second kappa shape index (κ2) is 9.96. The Morgan fingerprint density at radius 2 is 1.89 bits per heavy atom. The van der Waals surface area contributed by atoms with Gasteiger partial charge in [-0.2, -0.15) is 11.8 Å². The van der Waals surface area contributed by atoms with Crippen LogP contribution in [-0.2, 0) is 10.3 Å². The summed E-state index contributed by atoms with van der Waals surface area (Å²) in [6, 6.07) is 19.5. The normalized spacial score (nSPS) is 22.6. The fraction of sp³-hybridized carbons (Fsp3) is 0.409. The minimum Gasteiger partial charge on any atom is -0.492 e. The first kappa shape index (κ1) is 20.7. The van der Waals surface area contributed by atoms with E-state index in [4.69, 9.17) is 4.74 Å². The molecule has 0 aromatic heterocycles. The number of para-hydroxylation sites is 1. The third-order valence-electron chi connectivity index (χ3n) is 5.17. The number of rotatable bonds is 8. The average molecular weight is 401 g/mol. The predicted octanol–water partition coefficient (Wildman–Crippen LogP) is 2.51. The van der Waals surface area contributed by atoms with Crippen LogP contribution in [0.15, 0.2) is 60.7 Å². The Balaban J connectivity index is 1.64. The van der Waals surface area contributed by atoms with E-state index in [1.165, 1.54) is 11.8 Å². The second-order valence-corrected chi connectivity index (χ2v) is 7.91. The van der Waals surface area contributed by atoms with Crippen molar-refractivity contribution >= 4 is 17.7 Å².